The molecule has 0 aliphatic rings. The zero-order chi connectivity index (χ0) is 14.1. The Morgan fingerprint density at radius 2 is 2.10 bits per heavy atom. The van der Waals surface area contributed by atoms with Crippen molar-refractivity contribution in [2.24, 2.45) is 0 Å². The first kappa shape index (κ1) is 12.7. The standard InChI is InChI=1S/C14H11F2N3O/c15-11-3-1-2-9(14(11)16)6-13(20)10-7-18-19-5-4-17-8-12(10)19/h1-5,7-8,13,20H,6H2. The smallest absolute Gasteiger partial charge is 0.162 e. The largest absolute Gasteiger partial charge is 0.388 e. The number of hydrogen-bond acceptors (Lipinski definition) is 3. The first-order chi connectivity index (χ1) is 9.66. The van der Waals surface area contributed by atoms with Crippen LogP contribution in [-0.4, -0.2) is 19.7 Å². The molecule has 0 amide bonds. The molecule has 20 heavy (non-hydrogen) atoms. The molecule has 6 heteroatoms. The van der Waals surface area contributed by atoms with Crippen LogP contribution in [0.1, 0.15) is 17.2 Å². The fraction of sp³-hybridized carbons (Fsp3) is 0.143. The fourth-order valence-corrected chi connectivity index (χ4v) is 2.13. The van der Waals surface area contributed by atoms with Gasteiger partial charge in [-0.25, -0.2) is 13.3 Å². The molecule has 1 unspecified atom stereocenters. The molecule has 0 spiro atoms. The first-order valence-electron chi connectivity index (χ1n) is 6.05. The second kappa shape index (κ2) is 4.97. The van der Waals surface area contributed by atoms with Crippen LogP contribution in [0.25, 0.3) is 5.52 Å². The van der Waals surface area contributed by atoms with Crippen LogP contribution in [0.4, 0.5) is 8.78 Å². The Kier molecular flexibility index (Phi) is 3.15. The highest BCUT2D eigenvalue weighted by atomic mass is 19.2. The van der Waals surface area contributed by atoms with Gasteiger partial charge in [-0.15, -0.1) is 0 Å². The average molecular weight is 275 g/mol. The van der Waals surface area contributed by atoms with E-state index >= 15 is 0 Å². The Hall–Kier alpha value is -2.34. The maximum absolute atomic E-state index is 13.6. The third kappa shape index (κ3) is 2.14. The monoisotopic (exact) mass is 275 g/mol. The predicted molar refractivity (Wildman–Crippen MR) is 68.0 cm³/mol. The second-order valence-corrected chi connectivity index (χ2v) is 4.44. The maximum Gasteiger partial charge on any atom is 0.162 e. The second-order valence-electron chi connectivity index (χ2n) is 4.44. The van der Waals surface area contributed by atoms with Crippen molar-refractivity contribution in [1.82, 2.24) is 14.6 Å². The van der Waals surface area contributed by atoms with E-state index in [-0.39, 0.29) is 12.0 Å². The lowest BCUT2D eigenvalue weighted by Crippen LogP contribution is -2.04. The van der Waals surface area contributed by atoms with Crippen LogP contribution in [-0.2, 0) is 6.42 Å². The summed E-state index contributed by atoms with van der Waals surface area (Å²) in [4.78, 5) is 3.96. The van der Waals surface area contributed by atoms with E-state index < -0.39 is 17.7 Å². The molecule has 2 aromatic heterocycles. The Balaban J connectivity index is 1.93. The van der Waals surface area contributed by atoms with Crippen molar-refractivity contribution in [1.29, 1.82) is 0 Å². The lowest BCUT2D eigenvalue weighted by molar-refractivity contribution is 0.178. The van der Waals surface area contributed by atoms with Gasteiger partial charge >= 0.3 is 0 Å². The third-order valence-corrected chi connectivity index (χ3v) is 3.16. The predicted octanol–water partition coefficient (Wildman–Crippen LogP) is 2.28. The molecule has 0 radical (unpaired) electrons. The molecule has 0 aliphatic heterocycles. The highest BCUT2D eigenvalue weighted by molar-refractivity contribution is 5.52. The van der Waals surface area contributed by atoms with Gasteiger partial charge in [-0.1, -0.05) is 12.1 Å². The minimum absolute atomic E-state index is 0.0279. The molecule has 0 fully saturated rings. The maximum atomic E-state index is 13.6. The van der Waals surface area contributed by atoms with Gasteiger partial charge in [0.25, 0.3) is 0 Å². The van der Waals surface area contributed by atoms with E-state index in [9.17, 15) is 13.9 Å². The summed E-state index contributed by atoms with van der Waals surface area (Å²) in [5.74, 6) is -1.85. The number of aliphatic hydroxyl groups is 1. The quantitative estimate of drug-likeness (QED) is 0.798. The van der Waals surface area contributed by atoms with Crippen molar-refractivity contribution in [3.8, 4) is 0 Å². The summed E-state index contributed by atoms with van der Waals surface area (Å²) in [6, 6.07) is 3.91. The van der Waals surface area contributed by atoms with E-state index in [4.69, 9.17) is 0 Å². The number of hydrogen-bond donors (Lipinski definition) is 1. The van der Waals surface area contributed by atoms with Gasteiger partial charge in [0.15, 0.2) is 11.6 Å². The van der Waals surface area contributed by atoms with Crippen molar-refractivity contribution < 1.29 is 13.9 Å². The van der Waals surface area contributed by atoms with Gasteiger partial charge in [0.05, 0.1) is 24.0 Å². The number of aliphatic hydroxyl groups excluding tert-OH is 1. The van der Waals surface area contributed by atoms with Crippen LogP contribution in [0, 0.1) is 11.6 Å². The van der Waals surface area contributed by atoms with Crippen molar-refractivity contribution in [2.45, 2.75) is 12.5 Å². The molecule has 1 aromatic carbocycles. The van der Waals surface area contributed by atoms with Gasteiger partial charge in [0.2, 0.25) is 0 Å². The van der Waals surface area contributed by atoms with Gasteiger partial charge in [0.1, 0.15) is 0 Å². The molecule has 0 aliphatic carbocycles. The van der Waals surface area contributed by atoms with Crippen LogP contribution < -0.4 is 0 Å². The van der Waals surface area contributed by atoms with Gasteiger partial charge in [-0.3, -0.25) is 4.98 Å². The minimum Gasteiger partial charge on any atom is -0.388 e. The minimum atomic E-state index is -0.979. The summed E-state index contributed by atoms with van der Waals surface area (Å²) in [6.07, 6.45) is 5.27. The number of aromatic nitrogens is 3. The summed E-state index contributed by atoms with van der Waals surface area (Å²) in [5.41, 5.74) is 1.29. The molecule has 3 rings (SSSR count). The number of fused-ring (bicyclic) bond motifs is 1. The summed E-state index contributed by atoms with van der Waals surface area (Å²) in [7, 11) is 0. The Bertz CT molecular complexity index is 757. The van der Waals surface area contributed by atoms with Crippen LogP contribution in [0.3, 0.4) is 0 Å². The lowest BCUT2D eigenvalue weighted by atomic mass is 10.0. The molecule has 1 N–H and O–H groups in total. The molecule has 0 saturated carbocycles. The fourth-order valence-electron chi connectivity index (χ4n) is 2.13. The molecule has 0 saturated heterocycles. The molecule has 0 bridgehead atoms. The van der Waals surface area contributed by atoms with E-state index in [1.165, 1.54) is 18.3 Å². The van der Waals surface area contributed by atoms with Crippen LogP contribution >= 0.6 is 0 Å². The van der Waals surface area contributed by atoms with Crippen LogP contribution in [0.15, 0.2) is 43.0 Å². The van der Waals surface area contributed by atoms with Crippen LogP contribution in [0.5, 0.6) is 0 Å². The topological polar surface area (TPSA) is 50.4 Å². The zero-order valence-electron chi connectivity index (χ0n) is 10.4. The summed E-state index contributed by atoms with van der Waals surface area (Å²) in [6.45, 7) is 0. The molecule has 102 valence electrons. The van der Waals surface area contributed by atoms with E-state index in [2.05, 4.69) is 10.1 Å². The van der Waals surface area contributed by atoms with Crippen molar-refractivity contribution in [3.63, 3.8) is 0 Å². The number of nitrogens with zero attached hydrogens (tertiary/aromatic N) is 3. The average Bonchev–Trinajstić information content (AvgIpc) is 2.88. The van der Waals surface area contributed by atoms with E-state index in [1.54, 1.807) is 23.1 Å². The van der Waals surface area contributed by atoms with Gasteiger partial charge in [-0.2, -0.15) is 5.10 Å². The Morgan fingerprint density at radius 3 is 2.95 bits per heavy atom. The number of benzene rings is 1. The van der Waals surface area contributed by atoms with E-state index in [0.29, 0.717) is 11.1 Å². The van der Waals surface area contributed by atoms with Crippen molar-refractivity contribution in [2.75, 3.05) is 0 Å². The van der Waals surface area contributed by atoms with Crippen molar-refractivity contribution >= 4 is 5.52 Å². The molecule has 2 heterocycles. The third-order valence-electron chi connectivity index (χ3n) is 3.16. The number of halogens is 2. The molecular formula is C14H11F2N3O. The Labute approximate surface area is 113 Å². The normalized spacial score (nSPS) is 12.8. The number of rotatable bonds is 3. The van der Waals surface area contributed by atoms with Gasteiger partial charge < -0.3 is 5.11 Å². The van der Waals surface area contributed by atoms with E-state index in [0.717, 1.165) is 6.07 Å². The SMILES string of the molecule is OC(Cc1cccc(F)c1F)c1cnn2ccncc12. The first-order valence-corrected chi connectivity index (χ1v) is 6.05. The lowest BCUT2D eigenvalue weighted by Gasteiger charge is -2.10. The molecular weight excluding hydrogens is 264 g/mol. The highest BCUT2D eigenvalue weighted by Gasteiger charge is 2.17. The van der Waals surface area contributed by atoms with Crippen molar-refractivity contribution in [3.05, 3.63) is 65.7 Å². The Morgan fingerprint density at radius 1 is 1.25 bits per heavy atom. The molecule has 1 atom stereocenters. The molecule has 4 nitrogen and oxygen atoms in total. The van der Waals surface area contributed by atoms with Crippen LogP contribution in [0.2, 0.25) is 0 Å². The van der Waals surface area contributed by atoms with Gasteiger partial charge in [-0.05, 0) is 11.6 Å². The highest BCUT2D eigenvalue weighted by Crippen LogP contribution is 2.24. The van der Waals surface area contributed by atoms with Gasteiger partial charge in [0, 0.05) is 24.4 Å². The summed E-state index contributed by atoms with van der Waals surface area (Å²) < 4.78 is 28.3. The summed E-state index contributed by atoms with van der Waals surface area (Å²) in [5, 5.41) is 14.3. The van der Waals surface area contributed by atoms with E-state index in [1.807, 2.05) is 0 Å². The summed E-state index contributed by atoms with van der Waals surface area (Å²) >= 11 is 0. The zero-order valence-corrected chi connectivity index (χ0v) is 10.4. The molecule has 3 aromatic rings.